The summed E-state index contributed by atoms with van der Waals surface area (Å²) in [6.45, 7) is 4.41. The predicted molar refractivity (Wildman–Crippen MR) is 78.1 cm³/mol. The molecule has 7 nitrogen and oxygen atoms in total. The second-order valence-electron chi connectivity index (χ2n) is 5.46. The molecular weight excluding hydrogens is 298 g/mol. The second kappa shape index (κ2) is 4.42. The fourth-order valence-corrected chi connectivity index (χ4v) is 5.57. The molecule has 0 amide bonds. The zero-order valence-corrected chi connectivity index (χ0v) is 13.0. The van der Waals surface area contributed by atoms with Gasteiger partial charge >= 0.3 is 0 Å². The van der Waals surface area contributed by atoms with E-state index in [0.717, 1.165) is 12.8 Å². The van der Waals surface area contributed by atoms with Crippen LogP contribution in [0.5, 0.6) is 0 Å². The summed E-state index contributed by atoms with van der Waals surface area (Å²) in [5.41, 5.74) is 2.01. The first-order valence-electron chi connectivity index (χ1n) is 6.33. The number of thiazole rings is 1. The maximum Gasteiger partial charge on any atom is 0.263 e. The Bertz CT molecular complexity index is 746. The van der Waals surface area contributed by atoms with Gasteiger partial charge in [0.2, 0.25) is 5.03 Å². The zero-order valence-electron chi connectivity index (χ0n) is 11.3. The lowest BCUT2D eigenvalue weighted by Crippen LogP contribution is -2.43. The van der Waals surface area contributed by atoms with Crippen molar-refractivity contribution in [2.24, 2.45) is 5.84 Å². The lowest BCUT2D eigenvalue weighted by molar-refractivity contribution is 0.291. The van der Waals surface area contributed by atoms with Gasteiger partial charge in [0, 0.05) is 23.7 Å². The molecule has 0 aromatic carbocycles. The largest absolute Gasteiger partial charge is 0.306 e. The average Bonchev–Trinajstić information content (AvgIpc) is 3.00. The van der Waals surface area contributed by atoms with E-state index in [0.29, 0.717) is 11.5 Å². The summed E-state index contributed by atoms with van der Waals surface area (Å²) in [4.78, 5) is 4.82. The fraction of sp³-hybridized carbons (Fsp3) is 0.545. The molecule has 0 saturated carbocycles. The lowest BCUT2D eigenvalue weighted by Gasteiger charge is -2.30. The van der Waals surface area contributed by atoms with Crippen molar-refractivity contribution in [3.8, 4) is 0 Å². The minimum Gasteiger partial charge on any atom is -0.306 e. The van der Waals surface area contributed by atoms with E-state index in [-0.39, 0.29) is 16.4 Å². The predicted octanol–water partition coefficient (Wildman–Crippen LogP) is 1.24. The van der Waals surface area contributed by atoms with Gasteiger partial charge in [-0.3, -0.25) is 4.40 Å². The fourth-order valence-electron chi connectivity index (χ4n) is 2.74. The molecule has 1 fully saturated rings. The smallest absolute Gasteiger partial charge is 0.263 e. The molecule has 2 aromatic rings. The Kier molecular flexibility index (Phi) is 3.05. The van der Waals surface area contributed by atoms with Crippen LogP contribution in [0.2, 0.25) is 0 Å². The number of nitrogens with one attached hydrogen (secondary N) is 1. The Balaban J connectivity index is 2.21. The number of hydrogen-bond donors (Lipinski definition) is 2. The van der Waals surface area contributed by atoms with E-state index >= 15 is 0 Å². The molecule has 0 radical (unpaired) electrons. The minimum absolute atomic E-state index is 0.117. The van der Waals surface area contributed by atoms with Crippen LogP contribution < -0.4 is 11.3 Å². The van der Waals surface area contributed by atoms with Gasteiger partial charge in [-0.1, -0.05) is 0 Å². The van der Waals surface area contributed by atoms with Crippen LogP contribution in [0.15, 0.2) is 16.6 Å². The number of anilines is 1. The number of nitrogens with two attached hydrogens (primary N) is 1. The third kappa shape index (κ3) is 1.85. The Morgan fingerprint density at radius 2 is 2.25 bits per heavy atom. The standard InChI is InChI=1S/C11H17N5O2S2/c1-11(2)4-3-5-16(11)20(17,18)9-8(14-12)13-10-15(9)6-7-19-10/h6-7,14H,3-5,12H2,1-2H3. The first-order chi connectivity index (χ1) is 9.38. The third-order valence-corrected chi connectivity index (χ3v) is 6.61. The number of nitrogens with zero attached hydrogens (tertiary/aromatic N) is 3. The second-order valence-corrected chi connectivity index (χ2v) is 8.11. The molecule has 0 atom stereocenters. The van der Waals surface area contributed by atoms with Crippen molar-refractivity contribution in [3.63, 3.8) is 0 Å². The van der Waals surface area contributed by atoms with Crippen molar-refractivity contribution in [2.75, 3.05) is 12.0 Å². The Morgan fingerprint density at radius 1 is 1.50 bits per heavy atom. The van der Waals surface area contributed by atoms with Gasteiger partial charge in [0.05, 0.1) is 0 Å². The number of rotatable bonds is 3. The monoisotopic (exact) mass is 315 g/mol. The molecule has 9 heteroatoms. The minimum atomic E-state index is -3.64. The average molecular weight is 315 g/mol. The van der Waals surface area contributed by atoms with Crippen molar-refractivity contribution in [1.82, 2.24) is 13.7 Å². The van der Waals surface area contributed by atoms with E-state index in [1.54, 1.807) is 20.3 Å². The van der Waals surface area contributed by atoms with Gasteiger partial charge in [-0.05, 0) is 26.7 Å². The molecule has 2 aromatic heterocycles. The molecule has 0 unspecified atom stereocenters. The summed E-state index contributed by atoms with van der Waals surface area (Å²) in [5, 5.41) is 1.92. The first-order valence-corrected chi connectivity index (χ1v) is 8.65. The highest BCUT2D eigenvalue weighted by Gasteiger charge is 2.43. The van der Waals surface area contributed by atoms with Crippen molar-refractivity contribution in [3.05, 3.63) is 11.6 Å². The van der Waals surface area contributed by atoms with Gasteiger partial charge in [-0.2, -0.15) is 9.29 Å². The van der Waals surface area contributed by atoms with Gasteiger partial charge in [0.1, 0.15) is 0 Å². The molecule has 0 spiro atoms. The van der Waals surface area contributed by atoms with Crippen LogP contribution in [-0.4, -0.2) is 34.2 Å². The Morgan fingerprint density at radius 3 is 2.85 bits per heavy atom. The molecule has 1 aliphatic heterocycles. The summed E-state index contributed by atoms with van der Waals surface area (Å²) in [7, 11) is -3.64. The van der Waals surface area contributed by atoms with Crippen molar-refractivity contribution < 1.29 is 8.42 Å². The molecule has 3 heterocycles. The van der Waals surface area contributed by atoms with E-state index in [4.69, 9.17) is 5.84 Å². The van der Waals surface area contributed by atoms with Gasteiger partial charge < -0.3 is 5.43 Å². The lowest BCUT2D eigenvalue weighted by atomic mass is 10.0. The number of fused-ring (bicyclic) bond motifs is 1. The number of aromatic nitrogens is 2. The normalized spacial score (nSPS) is 19.8. The number of nitrogen functional groups attached to an aromatic ring is 1. The van der Waals surface area contributed by atoms with Crippen LogP contribution in [-0.2, 0) is 10.0 Å². The Labute approximate surface area is 121 Å². The first kappa shape index (κ1) is 13.8. The van der Waals surface area contributed by atoms with Crippen molar-refractivity contribution >= 4 is 32.1 Å². The van der Waals surface area contributed by atoms with Crippen LogP contribution in [0.3, 0.4) is 0 Å². The van der Waals surface area contributed by atoms with Crippen LogP contribution in [0.1, 0.15) is 26.7 Å². The van der Waals surface area contributed by atoms with Gasteiger partial charge in [0.25, 0.3) is 10.0 Å². The van der Waals surface area contributed by atoms with Crippen LogP contribution in [0, 0.1) is 0 Å². The topological polar surface area (TPSA) is 92.7 Å². The third-order valence-electron chi connectivity index (χ3n) is 3.71. The summed E-state index contributed by atoms with van der Waals surface area (Å²) in [6.07, 6.45) is 3.41. The van der Waals surface area contributed by atoms with Crippen LogP contribution in [0.4, 0.5) is 5.82 Å². The van der Waals surface area contributed by atoms with Crippen molar-refractivity contribution in [1.29, 1.82) is 0 Å². The molecule has 20 heavy (non-hydrogen) atoms. The molecule has 1 aliphatic rings. The number of sulfonamides is 1. The quantitative estimate of drug-likeness (QED) is 0.657. The molecule has 3 N–H and O–H groups in total. The Hall–Kier alpha value is -1.16. The molecule has 3 rings (SSSR count). The number of hydrogen-bond acceptors (Lipinski definition) is 6. The van der Waals surface area contributed by atoms with Crippen LogP contribution in [0.25, 0.3) is 4.96 Å². The summed E-state index contributed by atoms with van der Waals surface area (Å²) in [5.74, 6) is 5.63. The summed E-state index contributed by atoms with van der Waals surface area (Å²) >= 11 is 1.37. The highest BCUT2D eigenvalue weighted by atomic mass is 32.2. The maximum absolute atomic E-state index is 13.0. The van der Waals surface area contributed by atoms with Gasteiger partial charge in [-0.15, -0.1) is 11.3 Å². The van der Waals surface area contributed by atoms with E-state index in [2.05, 4.69) is 10.4 Å². The van der Waals surface area contributed by atoms with E-state index in [9.17, 15) is 8.42 Å². The molecule has 110 valence electrons. The van der Waals surface area contributed by atoms with Gasteiger partial charge in [0.15, 0.2) is 10.8 Å². The molecule has 0 aliphatic carbocycles. The summed E-state index contributed by atoms with van der Waals surface area (Å²) < 4.78 is 29.1. The maximum atomic E-state index is 13.0. The van der Waals surface area contributed by atoms with E-state index < -0.39 is 10.0 Å². The molecular formula is C11H17N5O2S2. The number of hydrazine groups is 1. The van der Waals surface area contributed by atoms with E-state index in [1.165, 1.54) is 11.3 Å². The highest BCUT2D eigenvalue weighted by molar-refractivity contribution is 7.89. The van der Waals surface area contributed by atoms with Gasteiger partial charge in [-0.25, -0.2) is 14.3 Å². The van der Waals surface area contributed by atoms with Crippen molar-refractivity contribution in [2.45, 2.75) is 37.3 Å². The molecule has 1 saturated heterocycles. The number of imidazole rings is 1. The van der Waals surface area contributed by atoms with E-state index in [1.807, 2.05) is 13.8 Å². The zero-order chi connectivity index (χ0) is 14.5. The van der Waals surface area contributed by atoms with Crippen LogP contribution >= 0.6 is 11.3 Å². The summed E-state index contributed by atoms with van der Waals surface area (Å²) in [6, 6.07) is 0. The molecule has 0 bridgehead atoms. The highest BCUT2D eigenvalue weighted by Crippen LogP contribution is 2.36. The SMILES string of the molecule is CC1(C)CCCN1S(=O)(=O)c1c(NN)nc2sccn12.